The minimum atomic E-state index is -0.414. The summed E-state index contributed by atoms with van der Waals surface area (Å²) in [6.07, 6.45) is 1.70. The molecule has 0 fully saturated rings. The monoisotopic (exact) mass is 293 g/mol. The summed E-state index contributed by atoms with van der Waals surface area (Å²) in [4.78, 5) is 12.2. The van der Waals surface area contributed by atoms with Gasteiger partial charge in [-0.05, 0) is 29.8 Å². The lowest BCUT2D eigenvalue weighted by atomic mass is 10.2. The number of hydrogen-bond donors (Lipinski definition) is 1. The lowest BCUT2D eigenvalue weighted by molar-refractivity contribution is 0.629. The van der Waals surface area contributed by atoms with Crippen LogP contribution in [0.2, 0.25) is 5.28 Å². The van der Waals surface area contributed by atoms with E-state index >= 15 is 0 Å². The van der Waals surface area contributed by atoms with Gasteiger partial charge >= 0.3 is 0 Å². The molecule has 7 heteroatoms. The van der Waals surface area contributed by atoms with Crippen LogP contribution in [-0.2, 0) is 6.54 Å². The Hall–Kier alpha value is -2.08. The van der Waals surface area contributed by atoms with Crippen molar-refractivity contribution in [2.75, 3.05) is 29.2 Å². The molecule has 0 bridgehead atoms. The van der Waals surface area contributed by atoms with Gasteiger partial charge in [0.15, 0.2) is 0 Å². The molecule has 0 spiro atoms. The number of benzene rings is 1. The van der Waals surface area contributed by atoms with Crippen molar-refractivity contribution >= 4 is 28.8 Å². The van der Waals surface area contributed by atoms with Crippen molar-refractivity contribution in [1.82, 2.24) is 9.97 Å². The minimum Gasteiger partial charge on any atom is -0.396 e. The number of hydrogen-bond acceptors (Lipinski definition) is 5. The van der Waals surface area contributed by atoms with Crippen molar-refractivity contribution in [1.29, 1.82) is 0 Å². The molecule has 0 amide bonds. The third-order valence-corrected chi connectivity index (χ3v) is 3.45. The lowest BCUT2D eigenvalue weighted by Gasteiger charge is -2.36. The number of anilines is 3. The highest BCUT2D eigenvalue weighted by Gasteiger charge is 2.22. The van der Waals surface area contributed by atoms with Crippen LogP contribution in [0.15, 0.2) is 24.4 Å². The van der Waals surface area contributed by atoms with Crippen LogP contribution in [0.4, 0.5) is 21.6 Å². The van der Waals surface area contributed by atoms with E-state index in [0.717, 1.165) is 17.1 Å². The van der Waals surface area contributed by atoms with Crippen molar-refractivity contribution in [3.63, 3.8) is 0 Å². The molecule has 104 valence electrons. The zero-order chi connectivity index (χ0) is 14.3. The largest absolute Gasteiger partial charge is 0.396 e. The van der Waals surface area contributed by atoms with Gasteiger partial charge in [-0.2, -0.15) is 0 Å². The standard InChI is InChI=1S/C13H13ClFN5/c1-19-7-20(9-2-3-11(16)10(15)4-9)6-8-5-17-13(14)18-12(8)19/h2-5H,6-7,16H2,1H3. The van der Waals surface area contributed by atoms with Gasteiger partial charge in [0, 0.05) is 31.0 Å². The van der Waals surface area contributed by atoms with Crippen molar-refractivity contribution in [3.8, 4) is 0 Å². The van der Waals surface area contributed by atoms with E-state index in [1.54, 1.807) is 18.3 Å². The van der Waals surface area contributed by atoms with Crippen LogP contribution in [0.5, 0.6) is 0 Å². The first-order valence-corrected chi connectivity index (χ1v) is 6.45. The highest BCUT2D eigenvalue weighted by molar-refractivity contribution is 6.28. The van der Waals surface area contributed by atoms with Crippen LogP contribution in [0.1, 0.15) is 5.56 Å². The molecule has 0 atom stereocenters. The van der Waals surface area contributed by atoms with Crippen LogP contribution in [0.3, 0.4) is 0 Å². The normalized spacial score (nSPS) is 14.3. The van der Waals surface area contributed by atoms with E-state index in [1.807, 2.05) is 16.8 Å². The van der Waals surface area contributed by atoms with Gasteiger partial charge in [0.1, 0.15) is 11.6 Å². The van der Waals surface area contributed by atoms with Crippen molar-refractivity contribution in [2.24, 2.45) is 0 Å². The summed E-state index contributed by atoms with van der Waals surface area (Å²) in [6, 6.07) is 4.80. The fourth-order valence-corrected chi connectivity index (χ4v) is 2.41. The maximum absolute atomic E-state index is 13.6. The Morgan fingerprint density at radius 3 is 2.95 bits per heavy atom. The minimum absolute atomic E-state index is 0.148. The number of nitrogens with zero attached hydrogens (tertiary/aromatic N) is 4. The molecule has 5 nitrogen and oxygen atoms in total. The Kier molecular flexibility index (Phi) is 3.10. The number of nitrogens with two attached hydrogens (primary N) is 1. The number of aromatic nitrogens is 2. The fourth-order valence-electron chi connectivity index (χ4n) is 2.28. The zero-order valence-corrected chi connectivity index (χ0v) is 11.6. The molecule has 0 aliphatic carbocycles. The molecule has 0 saturated carbocycles. The summed E-state index contributed by atoms with van der Waals surface area (Å²) < 4.78 is 13.6. The van der Waals surface area contributed by atoms with Gasteiger partial charge in [0.25, 0.3) is 0 Å². The van der Waals surface area contributed by atoms with E-state index in [4.69, 9.17) is 17.3 Å². The number of nitrogen functional groups attached to an aromatic ring is 1. The molecule has 0 radical (unpaired) electrons. The average Bonchev–Trinajstić information content (AvgIpc) is 2.42. The van der Waals surface area contributed by atoms with Crippen LogP contribution in [0, 0.1) is 5.82 Å². The molecule has 0 saturated heterocycles. The first kappa shape index (κ1) is 12.9. The van der Waals surface area contributed by atoms with Crippen LogP contribution in [-0.4, -0.2) is 23.7 Å². The van der Waals surface area contributed by atoms with Gasteiger partial charge in [0.2, 0.25) is 5.28 Å². The third-order valence-electron chi connectivity index (χ3n) is 3.27. The lowest BCUT2D eigenvalue weighted by Crippen LogP contribution is -2.41. The Balaban J connectivity index is 1.94. The quantitative estimate of drug-likeness (QED) is 0.645. The predicted octanol–water partition coefficient (Wildman–Crippen LogP) is 2.27. The molecule has 0 unspecified atom stereocenters. The smallest absolute Gasteiger partial charge is 0.224 e. The maximum Gasteiger partial charge on any atom is 0.224 e. The van der Waals surface area contributed by atoms with Crippen LogP contribution >= 0.6 is 11.6 Å². The average molecular weight is 294 g/mol. The number of rotatable bonds is 1. The molecule has 1 aromatic heterocycles. The summed E-state index contributed by atoms with van der Waals surface area (Å²) in [5.41, 5.74) is 7.36. The third kappa shape index (κ3) is 2.22. The predicted molar refractivity (Wildman–Crippen MR) is 77.3 cm³/mol. The second kappa shape index (κ2) is 4.79. The summed E-state index contributed by atoms with van der Waals surface area (Å²) in [5, 5.41) is 0.225. The number of fused-ring (bicyclic) bond motifs is 1. The van der Waals surface area contributed by atoms with E-state index < -0.39 is 5.82 Å². The van der Waals surface area contributed by atoms with E-state index in [2.05, 4.69) is 9.97 Å². The summed E-state index contributed by atoms with van der Waals surface area (Å²) >= 11 is 5.81. The van der Waals surface area contributed by atoms with E-state index in [-0.39, 0.29) is 11.0 Å². The Morgan fingerprint density at radius 1 is 1.40 bits per heavy atom. The highest BCUT2D eigenvalue weighted by Crippen LogP contribution is 2.29. The molecule has 3 rings (SSSR count). The molecule has 2 N–H and O–H groups in total. The summed E-state index contributed by atoms with van der Waals surface area (Å²) in [6.45, 7) is 1.18. The van der Waals surface area contributed by atoms with Crippen LogP contribution < -0.4 is 15.5 Å². The van der Waals surface area contributed by atoms with Crippen LogP contribution in [0.25, 0.3) is 0 Å². The maximum atomic E-state index is 13.6. The van der Waals surface area contributed by atoms with Crippen molar-refractivity contribution in [3.05, 3.63) is 41.1 Å². The van der Waals surface area contributed by atoms with E-state index in [0.29, 0.717) is 13.2 Å². The van der Waals surface area contributed by atoms with Crippen molar-refractivity contribution < 1.29 is 4.39 Å². The summed E-state index contributed by atoms with van der Waals surface area (Å²) in [7, 11) is 1.90. The molecule has 2 aromatic rings. The topological polar surface area (TPSA) is 58.3 Å². The van der Waals surface area contributed by atoms with E-state index in [9.17, 15) is 4.39 Å². The van der Waals surface area contributed by atoms with Gasteiger partial charge in [-0.25, -0.2) is 14.4 Å². The first-order valence-electron chi connectivity index (χ1n) is 6.07. The number of halogens is 2. The molecule has 1 aliphatic rings. The molecule has 20 heavy (non-hydrogen) atoms. The van der Waals surface area contributed by atoms with Gasteiger partial charge in [0.05, 0.1) is 12.4 Å². The molecular formula is C13H13ClFN5. The van der Waals surface area contributed by atoms with Gasteiger partial charge in [-0.1, -0.05) is 0 Å². The van der Waals surface area contributed by atoms with Gasteiger partial charge < -0.3 is 15.5 Å². The molecule has 1 aromatic carbocycles. The first-order chi connectivity index (χ1) is 9.54. The summed E-state index contributed by atoms with van der Waals surface area (Å²) in [5.74, 6) is 0.389. The van der Waals surface area contributed by atoms with Gasteiger partial charge in [-0.15, -0.1) is 0 Å². The Bertz CT molecular complexity index is 663. The second-order valence-electron chi connectivity index (χ2n) is 4.73. The molecule has 1 aliphatic heterocycles. The Morgan fingerprint density at radius 2 is 2.20 bits per heavy atom. The fraction of sp³-hybridized carbons (Fsp3) is 0.231. The van der Waals surface area contributed by atoms with Crippen molar-refractivity contribution in [2.45, 2.75) is 6.54 Å². The molecule has 2 heterocycles. The van der Waals surface area contributed by atoms with Gasteiger partial charge in [-0.3, -0.25) is 0 Å². The highest BCUT2D eigenvalue weighted by atomic mass is 35.5. The molecular weight excluding hydrogens is 281 g/mol. The SMILES string of the molecule is CN1CN(c2ccc(N)c(F)c2)Cc2cnc(Cl)nc21. The Labute approximate surface area is 120 Å². The van der Waals surface area contributed by atoms with E-state index in [1.165, 1.54) is 6.07 Å². The second-order valence-corrected chi connectivity index (χ2v) is 5.07. The zero-order valence-electron chi connectivity index (χ0n) is 10.8.